The maximum atomic E-state index is 12.8. The van der Waals surface area contributed by atoms with Crippen molar-refractivity contribution in [1.29, 1.82) is 0 Å². The highest BCUT2D eigenvalue weighted by atomic mass is 32.2. The highest BCUT2D eigenvalue weighted by molar-refractivity contribution is 8.00. The zero-order chi connectivity index (χ0) is 20.4. The minimum atomic E-state index is -0.409. The molecule has 2 aromatic heterocycles. The van der Waals surface area contributed by atoms with Gasteiger partial charge in [0.25, 0.3) is 5.56 Å². The number of aromatic nitrogens is 4. The van der Waals surface area contributed by atoms with Crippen molar-refractivity contribution in [2.75, 3.05) is 6.61 Å². The molecular formula is C20H24N4O3S. The van der Waals surface area contributed by atoms with Crippen molar-refractivity contribution in [2.45, 2.75) is 37.5 Å². The second kappa shape index (κ2) is 8.18. The van der Waals surface area contributed by atoms with E-state index in [-0.39, 0.29) is 10.8 Å². The number of hydrogen-bond donors (Lipinski definition) is 0. The standard InChI is InChI=1S/C20H24N4O3S/c1-6-12(3)28-18-15-17(23(4)20(26)24(5)19(15)25)21-16(22-18)13-8-10-14(11-9-13)27-7-2/h8-12H,6-7H2,1-5H3/t12-/m0/s1. The molecule has 0 amide bonds. The van der Waals surface area contributed by atoms with Gasteiger partial charge in [0.2, 0.25) is 0 Å². The number of hydrogen-bond acceptors (Lipinski definition) is 6. The Morgan fingerprint density at radius 1 is 1.07 bits per heavy atom. The second-order valence-corrected chi connectivity index (χ2v) is 7.98. The first-order valence-electron chi connectivity index (χ1n) is 9.25. The number of thioether (sulfide) groups is 1. The molecule has 2 heterocycles. The Morgan fingerprint density at radius 3 is 2.36 bits per heavy atom. The summed E-state index contributed by atoms with van der Waals surface area (Å²) in [4.78, 5) is 34.4. The molecule has 3 aromatic rings. The van der Waals surface area contributed by atoms with Gasteiger partial charge in [-0.3, -0.25) is 13.9 Å². The van der Waals surface area contributed by atoms with Gasteiger partial charge in [0, 0.05) is 24.9 Å². The topological polar surface area (TPSA) is 79.0 Å². The Morgan fingerprint density at radius 2 is 1.75 bits per heavy atom. The third-order valence-electron chi connectivity index (χ3n) is 4.58. The molecular weight excluding hydrogens is 376 g/mol. The van der Waals surface area contributed by atoms with Gasteiger partial charge >= 0.3 is 5.69 Å². The smallest absolute Gasteiger partial charge is 0.332 e. The summed E-state index contributed by atoms with van der Waals surface area (Å²) in [6.07, 6.45) is 0.931. The molecule has 0 saturated heterocycles. The highest BCUT2D eigenvalue weighted by Gasteiger charge is 2.19. The molecule has 7 nitrogen and oxygen atoms in total. The molecule has 0 fully saturated rings. The third-order valence-corrected chi connectivity index (χ3v) is 5.83. The Kier molecular flexibility index (Phi) is 5.88. The van der Waals surface area contributed by atoms with Crippen LogP contribution in [-0.4, -0.2) is 31.0 Å². The molecule has 0 saturated carbocycles. The maximum absolute atomic E-state index is 12.8. The van der Waals surface area contributed by atoms with Crippen LogP contribution in [-0.2, 0) is 14.1 Å². The van der Waals surface area contributed by atoms with Crippen molar-refractivity contribution in [3.63, 3.8) is 0 Å². The fraction of sp³-hybridized carbons (Fsp3) is 0.400. The quantitative estimate of drug-likeness (QED) is 0.468. The second-order valence-electron chi connectivity index (χ2n) is 6.55. The van der Waals surface area contributed by atoms with Crippen LogP contribution in [0.3, 0.4) is 0 Å². The van der Waals surface area contributed by atoms with Crippen molar-refractivity contribution in [3.05, 3.63) is 45.1 Å². The molecule has 0 aliphatic carbocycles. The van der Waals surface area contributed by atoms with E-state index in [2.05, 4.69) is 23.8 Å². The van der Waals surface area contributed by atoms with Crippen molar-refractivity contribution in [2.24, 2.45) is 14.1 Å². The summed E-state index contributed by atoms with van der Waals surface area (Å²) < 4.78 is 7.99. The summed E-state index contributed by atoms with van der Waals surface area (Å²) in [6, 6.07) is 7.47. The molecule has 0 radical (unpaired) electrons. The molecule has 0 unspecified atom stereocenters. The maximum Gasteiger partial charge on any atom is 0.332 e. The first-order chi connectivity index (χ1) is 13.4. The molecule has 0 spiro atoms. The molecule has 8 heteroatoms. The zero-order valence-corrected chi connectivity index (χ0v) is 17.5. The number of fused-ring (bicyclic) bond motifs is 1. The largest absolute Gasteiger partial charge is 0.494 e. The summed E-state index contributed by atoms with van der Waals surface area (Å²) in [7, 11) is 3.10. The lowest BCUT2D eigenvalue weighted by Gasteiger charge is -2.14. The molecule has 1 aromatic carbocycles. The molecule has 0 aliphatic heterocycles. The van der Waals surface area contributed by atoms with Crippen LogP contribution in [0.2, 0.25) is 0 Å². The van der Waals surface area contributed by atoms with Gasteiger partial charge < -0.3 is 4.74 Å². The van der Waals surface area contributed by atoms with Crippen LogP contribution >= 0.6 is 11.8 Å². The van der Waals surface area contributed by atoms with E-state index in [0.29, 0.717) is 28.5 Å². The monoisotopic (exact) mass is 400 g/mol. The zero-order valence-electron chi connectivity index (χ0n) is 16.7. The van der Waals surface area contributed by atoms with Gasteiger partial charge in [-0.2, -0.15) is 0 Å². The predicted octanol–water partition coefficient (Wildman–Crippen LogP) is 2.98. The van der Waals surface area contributed by atoms with E-state index in [4.69, 9.17) is 4.74 Å². The SMILES string of the molecule is CCOc1ccc(-c2nc(S[C@@H](C)CC)c3c(=O)n(C)c(=O)n(C)c3n2)cc1. The predicted molar refractivity (Wildman–Crippen MR) is 112 cm³/mol. The number of ether oxygens (including phenoxy) is 1. The van der Waals surface area contributed by atoms with E-state index in [1.54, 1.807) is 7.05 Å². The van der Waals surface area contributed by atoms with Gasteiger partial charge in [0.15, 0.2) is 11.5 Å². The molecule has 148 valence electrons. The minimum Gasteiger partial charge on any atom is -0.494 e. The fourth-order valence-electron chi connectivity index (χ4n) is 2.78. The van der Waals surface area contributed by atoms with Gasteiger partial charge in [-0.05, 0) is 37.6 Å². The van der Waals surface area contributed by atoms with Gasteiger partial charge in [-0.1, -0.05) is 13.8 Å². The molecule has 0 aliphatic rings. The summed E-state index contributed by atoms with van der Waals surface area (Å²) in [6.45, 7) is 6.69. The molecule has 0 N–H and O–H groups in total. The Labute approximate surface area is 167 Å². The Bertz CT molecular complexity index is 1120. The number of rotatable bonds is 6. The van der Waals surface area contributed by atoms with E-state index in [9.17, 15) is 9.59 Å². The highest BCUT2D eigenvalue weighted by Crippen LogP contribution is 2.30. The van der Waals surface area contributed by atoms with Crippen molar-refractivity contribution in [1.82, 2.24) is 19.1 Å². The first-order valence-corrected chi connectivity index (χ1v) is 10.1. The van der Waals surface area contributed by atoms with Gasteiger partial charge in [-0.15, -0.1) is 11.8 Å². The van der Waals surface area contributed by atoms with Crippen LogP contribution in [0.15, 0.2) is 38.9 Å². The summed E-state index contributed by atoms with van der Waals surface area (Å²) in [5.74, 6) is 1.24. The average molecular weight is 401 g/mol. The number of benzene rings is 1. The van der Waals surface area contributed by atoms with Gasteiger partial charge in [0.05, 0.1) is 6.61 Å². The lowest BCUT2D eigenvalue weighted by atomic mass is 10.2. The van der Waals surface area contributed by atoms with E-state index < -0.39 is 5.69 Å². The Hall–Kier alpha value is -2.61. The lowest BCUT2D eigenvalue weighted by molar-refractivity contribution is 0.340. The number of aryl methyl sites for hydroxylation is 1. The summed E-state index contributed by atoms with van der Waals surface area (Å²) in [5.41, 5.74) is 0.359. The number of nitrogens with zero attached hydrogens (tertiary/aromatic N) is 4. The van der Waals surface area contributed by atoms with Crippen LogP contribution in [0.1, 0.15) is 27.2 Å². The average Bonchev–Trinajstić information content (AvgIpc) is 2.70. The van der Waals surface area contributed by atoms with Gasteiger partial charge in [-0.25, -0.2) is 14.8 Å². The van der Waals surface area contributed by atoms with Crippen LogP contribution in [0, 0.1) is 0 Å². The van der Waals surface area contributed by atoms with Crippen molar-refractivity contribution in [3.8, 4) is 17.1 Å². The fourth-order valence-corrected chi connectivity index (χ4v) is 3.77. The van der Waals surface area contributed by atoms with E-state index in [0.717, 1.165) is 22.3 Å². The van der Waals surface area contributed by atoms with Gasteiger partial charge in [0.1, 0.15) is 16.2 Å². The van der Waals surface area contributed by atoms with Crippen LogP contribution < -0.4 is 16.0 Å². The minimum absolute atomic E-state index is 0.272. The first kappa shape index (κ1) is 20.1. The van der Waals surface area contributed by atoms with E-state index >= 15 is 0 Å². The van der Waals surface area contributed by atoms with Crippen molar-refractivity contribution < 1.29 is 4.74 Å². The van der Waals surface area contributed by atoms with Crippen molar-refractivity contribution >= 4 is 22.8 Å². The molecule has 3 rings (SSSR count). The molecule has 1 atom stereocenters. The molecule has 28 heavy (non-hydrogen) atoms. The Balaban J connectivity index is 2.27. The third kappa shape index (κ3) is 3.69. The molecule has 0 bridgehead atoms. The van der Waals surface area contributed by atoms with E-state index in [1.165, 1.54) is 23.4 Å². The van der Waals surface area contributed by atoms with Crippen LogP contribution in [0.4, 0.5) is 0 Å². The lowest BCUT2D eigenvalue weighted by Crippen LogP contribution is -2.37. The van der Waals surface area contributed by atoms with E-state index in [1.807, 2.05) is 31.2 Å². The van der Waals surface area contributed by atoms with Crippen LogP contribution in [0.5, 0.6) is 5.75 Å². The normalized spacial score (nSPS) is 12.3. The van der Waals surface area contributed by atoms with Crippen LogP contribution in [0.25, 0.3) is 22.4 Å². The summed E-state index contributed by atoms with van der Waals surface area (Å²) >= 11 is 1.53. The summed E-state index contributed by atoms with van der Waals surface area (Å²) in [5, 5.41) is 1.25.